The topological polar surface area (TPSA) is 32.3 Å². The van der Waals surface area contributed by atoms with E-state index in [9.17, 15) is 4.79 Å². The molecule has 3 atom stereocenters. The van der Waals surface area contributed by atoms with Gasteiger partial charge in [-0.05, 0) is 37.0 Å². The van der Waals surface area contributed by atoms with Gasteiger partial charge in [0, 0.05) is 6.04 Å². The molecule has 2 aliphatic rings. The van der Waals surface area contributed by atoms with E-state index in [1.807, 2.05) is 0 Å². The average molecular weight is 280 g/mol. The highest BCUT2D eigenvalue weighted by molar-refractivity contribution is 5.85. The van der Waals surface area contributed by atoms with E-state index in [0.29, 0.717) is 23.3 Å². The number of hydrogen-bond donors (Lipinski definition) is 1. The first-order valence-electron chi connectivity index (χ1n) is 8.44. The van der Waals surface area contributed by atoms with Crippen molar-refractivity contribution in [2.75, 3.05) is 0 Å². The van der Waals surface area contributed by atoms with Gasteiger partial charge < -0.3 is 4.90 Å². The summed E-state index contributed by atoms with van der Waals surface area (Å²) in [5.74, 6) is 0.726. The van der Waals surface area contributed by atoms with Crippen LogP contribution in [0.1, 0.15) is 73.1 Å². The first-order chi connectivity index (χ1) is 9.35. The SMILES string of the molecule is CCCC1NC(C(C)C)C(=O)N1C1CCCC(C)(C)C1. The van der Waals surface area contributed by atoms with Gasteiger partial charge in [-0.2, -0.15) is 0 Å². The van der Waals surface area contributed by atoms with E-state index in [1.54, 1.807) is 0 Å². The Labute approximate surface area is 124 Å². The monoisotopic (exact) mass is 280 g/mol. The van der Waals surface area contributed by atoms with Gasteiger partial charge in [0.2, 0.25) is 5.91 Å². The Bertz CT molecular complexity index is 351. The second kappa shape index (κ2) is 6.05. The highest BCUT2D eigenvalue weighted by atomic mass is 16.2. The van der Waals surface area contributed by atoms with Crippen LogP contribution in [0, 0.1) is 11.3 Å². The maximum atomic E-state index is 12.8. The molecule has 0 spiro atoms. The molecule has 1 aliphatic carbocycles. The summed E-state index contributed by atoms with van der Waals surface area (Å²) in [5.41, 5.74) is 0.385. The minimum Gasteiger partial charge on any atom is -0.323 e. The Kier molecular flexibility index (Phi) is 4.78. The highest BCUT2D eigenvalue weighted by Crippen LogP contribution is 2.39. The number of carbonyl (C=O) groups is 1. The molecular formula is C17H32N2O. The van der Waals surface area contributed by atoms with Crippen molar-refractivity contribution >= 4 is 5.91 Å². The molecule has 1 heterocycles. The molecule has 3 unspecified atom stereocenters. The maximum Gasteiger partial charge on any atom is 0.241 e. The van der Waals surface area contributed by atoms with Crippen LogP contribution in [0.5, 0.6) is 0 Å². The lowest BCUT2D eigenvalue weighted by atomic mass is 9.74. The number of hydrogen-bond acceptors (Lipinski definition) is 2. The van der Waals surface area contributed by atoms with Gasteiger partial charge in [0.25, 0.3) is 0 Å². The second-order valence-electron chi connectivity index (χ2n) is 7.85. The van der Waals surface area contributed by atoms with Crippen molar-refractivity contribution in [1.29, 1.82) is 0 Å². The van der Waals surface area contributed by atoms with E-state index in [1.165, 1.54) is 19.3 Å². The first kappa shape index (κ1) is 15.8. The molecule has 20 heavy (non-hydrogen) atoms. The number of carbonyl (C=O) groups excluding carboxylic acids is 1. The molecule has 0 bridgehead atoms. The zero-order valence-corrected chi connectivity index (χ0v) is 13.9. The predicted octanol–water partition coefficient (Wildman–Crippen LogP) is 3.54. The first-order valence-corrected chi connectivity index (χ1v) is 8.44. The maximum absolute atomic E-state index is 12.8. The van der Waals surface area contributed by atoms with Crippen molar-refractivity contribution in [2.45, 2.75) is 91.4 Å². The van der Waals surface area contributed by atoms with E-state index in [4.69, 9.17) is 0 Å². The summed E-state index contributed by atoms with van der Waals surface area (Å²) >= 11 is 0. The fraction of sp³-hybridized carbons (Fsp3) is 0.941. The largest absolute Gasteiger partial charge is 0.323 e. The van der Waals surface area contributed by atoms with Crippen LogP contribution in [0.15, 0.2) is 0 Å². The Balaban J connectivity index is 2.15. The van der Waals surface area contributed by atoms with Gasteiger partial charge in [0.15, 0.2) is 0 Å². The van der Waals surface area contributed by atoms with Crippen LogP contribution >= 0.6 is 0 Å². The smallest absolute Gasteiger partial charge is 0.241 e. The van der Waals surface area contributed by atoms with Crippen LogP contribution in [-0.2, 0) is 4.79 Å². The van der Waals surface area contributed by atoms with Gasteiger partial charge in [-0.1, -0.05) is 47.5 Å². The molecule has 1 saturated heterocycles. The number of amides is 1. The number of nitrogens with one attached hydrogen (secondary N) is 1. The van der Waals surface area contributed by atoms with Gasteiger partial charge in [0.05, 0.1) is 12.2 Å². The molecule has 2 fully saturated rings. The molecule has 2 rings (SSSR count). The summed E-state index contributed by atoms with van der Waals surface area (Å²) in [5, 5.41) is 3.59. The lowest BCUT2D eigenvalue weighted by molar-refractivity contribution is -0.134. The zero-order chi connectivity index (χ0) is 14.9. The summed E-state index contributed by atoms with van der Waals surface area (Å²) in [6, 6.07) is 0.468. The summed E-state index contributed by atoms with van der Waals surface area (Å²) in [4.78, 5) is 15.0. The van der Waals surface area contributed by atoms with Crippen molar-refractivity contribution in [3.05, 3.63) is 0 Å². The summed E-state index contributed by atoms with van der Waals surface area (Å²) in [6.45, 7) is 11.2. The van der Waals surface area contributed by atoms with Crippen LogP contribution in [0.4, 0.5) is 0 Å². The third-order valence-corrected chi connectivity index (χ3v) is 5.03. The zero-order valence-electron chi connectivity index (χ0n) is 13.9. The molecule has 0 aromatic heterocycles. The van der Waals surface area contributed by atoms with Gasteiger partial charge in [-0.3, -0.25) is 10.1 Å². The molecule has 0 aromatic carbocycles. The molecule has 116 valence electrons. The summed E-state index contributed by atoms with van der Waals surface area (Å²) < 4.78 is 0. The molecular weight excluding hydrogens is 248 g/mol. The lowest BCUT2D eigenvalue weighted by Gasteiger charge is -2.41. The molecule has 1 N–H and O–H groups in total. The van der Waals surface area contributed by atoms with Crippen molar-refractivity contribution in [3.63, 3.8) is 0 Å². The van der Waals surface area contributed by atoms with Crippen LogP contribution in [0.3, 0.4) is 0 Å². The van der Waals surface area contributed by atoms with Gasteiger partial charge in [0.1, 0.15) is 0 Å². The second-order valence-corrected chi connectivity index (χ2v) is 7.85. The molecule has 0 radical (unpaired) electrons. The predicted molar refractivity (Wildman–Crippen MR) is 83.3 cm³/mol. The van der Waals surface area contributed by atoms with Crippen molar-refractivity contribution in [2.24, 2.45) is 11.3 Å². The fourth-order valence-corrected chi connectivity index (χ4v) is 3.98. The van der Waals surface area contributed by atoms with E-state index in [0.717, 1.165) is 19.3 Å². The fourth-order valence-electron chi connectivity index (χ4n) is 3.98. The van der Waals surface area contributed by atoms with Gasteiger partial charge >= 0.3 is 0 Å². The molecule has 3 heteroatoms. The van der Waals surface area contributed by atoms with Crippen LogP contribution in [-0.4, -0.2) is 29.1 Å². The highest BCUT2D eigenvalue weighted by Gasteiger charge is 2.45. The van der Waals surface area contributed by atoms with Crippen LogP contribution < -0.4 is 5.32 Å². The third-order valence-electron chi connectivity index (χ3n) is 5.03. The molecule has 1 aliphatic heterocycles. The average Bonchev–Trinajstić information content (AvgIpc) is 2.65. The van der Waals surface area contributed by atoms with Crippen molar-refractivity contribution in [3.8, 4) is 0 Å². The van der Waals surface area contributed by atoms with Crippen molar-refractivity contribution in [1.82, 2.24) is 10.2 Å². The van der Waals surface area contributed by atoms with Crippen molar-refractivity contribution < 1.29 is 4.79 Å². The Morgan fingerprint density at radius 2 is 2.10 bits per heavy atom. The van der Waals surface area contributed by atoms with Crippen LogP contribution in [0.25, 0.3) is 0 Å². The minimum atomic E-state index is 0.0246. The van der Waals surface area contributed by atoms with E-state index in [2.05, 4.69) is 44.8 Å². The number of nitrogens with zero attached hydrogens (tertiary/aromatic N) is 1. The quantitative estimate of drug-likeness (QED) is 0.854. The molecule has 1 amide bonds. The van der Waals surface area contributed by atoms with Gasteiger partial charge in [-0.15, -0.1) is 0 Å². The number of rotatable bonds is 4. The van der Waals surface area contributed by atoms with E-state index < -0.39 is 0 Å². The Morgan fingerprint density at radius 1 is 1.40 bits per heavy atom. The summed E-state index contributed by atoms with van der Waals surface area (Å²) in [6.07, 6.45) is 7.36. The normalized spacial score (nSPS) is 34.0. The van der Waals surface area contributed by atoms with E-state index in [-0.39, 0.29) is 12.2 Å². The van der Waals surface area contributed by atoms with Gasteiger partial charge in [-0.25, -0.2) is 0 Å². The lowest BCUT2D eigenvalue weighted by Crippen LogP contribution is -2.47. The Morgan fingerprint density at radius 3 is 2.65 bits per heavy atom. The third kappa shape index (κ3) is 3.19. The summed E-state index contributed by atoms with van der Waals surface area (Å²) in [7, 11) is 0. The standard InChI is InChI=1S/C17H32N2O/c1-6-8-14-18-15(12(2)3)16(20)19(14)13-9-7-10-17(4,5)11-13/h12-15,18H,6-11H2,1-5H3. The minimum absolute atomic E-state index is 0.0246. The molecule has 0 aromatic rings. The molecule has 1 saturated carbocycles. The molecule has 3 nitrogen and oxygen atoms in total. The van der Waals surface area contributed by atoms with E-state index >= 15 is 0 Å². The Hall–Kier alpha value is -0.570. The van der Waals surface area contributed by atoms with Crippen LogP contribution in [0.2, 0.25) is 0 Å².